The fraction of sp³-hybridized carbons (Fsp3) is 1.00. The van der Waals surface area contributed by atoms with E-state index in [0.29, 0.717) is 12.1 Å². The molecule has 0 spiro atoms. The minimum atomic E-state index is 0.609. The van der Waals surface area contributed by atoms with E-state index in [2.05, 4.69) is 38.0 Å². The van der Waals surface area contributed by atoms with Gasteiger partial charge in [0.15, 0.2) is 0 Å². The molecular formula is C14H33N3. The van der Waals surface area contributed by atoms with Crippen LogP contribution >= 0.6 is 0 Å². The van der Waals surface area contributed by atoms with Gasteiger partial charge in [0.1, 0.15) is 0 Å². The van der Waals surface area contributed by atoms with E-state index in [-0.39, 0.29) is 0 Å². The van der Waals surface area contributed by atoms with E-state index in [1.807, 2.05) is 0 Å². The molecule has 3 N–H and O–H groups in total. The van der Waals surface area contributed by atoms with E-state index in [9.17, 15) is 0 Å². The third-order valence-electron chi connectivity index (χ3n) is 3.53. The summed E-state index contributed by atoms with van der Waals surface area (Å²) in [6.07, 6.45) is 6.28. The topological polar surface area (TPSA) is 41.3 Å². The summed E-state index contributed by atoms with van der Waals surface area (Å²) in [7, 11) is 2.07. The molecule has 0 amide bonds. The van der Waals surface area contributed by atoms with E-state index in [4.69, 9.17) is 5.73 Å². The highest BCUT2D eigenvalue weighted by Gasteiger charge is 2.18. The molecule has 0 aromatic rings. The Morgan fingerprint density at radius 2 is 1.76 bits per heavy atom. The second-order valence-corrected chi connectivity index (χ2v) is 4.91. The Morgan fingerprint density at radius 1 is 1.12 bits per heavy atom. The Morgan fingerprint density at radius 3 is 2.18 bits per heavy atom. The maximum absolute atomic E-state index is 5.75. The SMILES string of the molecule is CCCC(CN(CCN)C(CC)CCC)NC. The van der Waals surface area contributed by atoms with Gasteiger partial charge < -0.3 is 11.1 Å². The molecule has 17 heavy (non-hydrogen) atoms. The lowest BCUT2D eigenvalue weighted by atomic mass is 10.0. The zero-order valence-electron chi connectivity index (χ0n) is 12.3. The first-order valence-corrected chi connectivity index (χ1v) is 7.34. The van der Waals surface area contributed by atoms with Crippen LogP contribution in [0.15, 0.2) is 0 Å². The van der Waals surface area contributed by atoms with Crippen LogP contribution < -0.4 is 11.1 Å². The molecule has 0 heterocycles. The average Bonchev–Trinajstić information content (AvgIpc) is 2.34. The number of hydrogen-bond donors (Lipinski definition) is 2. The van der Waals surface area contributed by atoms with E-state index in [1.165, 1.54) is 32.1 Å². The highest BCUT2D eigenvalue weighted by Crippen LogP contribution is 2.12. The third kappa shape index (κ3) is 7.02. The first kappa shape index (κ1) is 16.9. The molecule has 3 heteroatoms. The van der Waals surface area contributed by atoms with Crippen LogP contribution in [0, 0.1) is 0 Å². The Kier molecular flexibility index (Phi) is 10.9. The van der Waals surface area contributed by atoms with Gasteiger partial charge in [0.05, 0.1) is 0 Å². The number of nitrogens with two attached hydrogens (primary N) is 1. The fourth-order valence-electron chi connectivity index (χ4n) is 2.53. The van der Waals surface area contributed by atoms with Crippen LogP contribution in [-0.2, 0) is 0 Å². The lowest BCUT2D eigenvalue weighted by Gasteiger charge is -2.33. The van der Waals surface area contributed by atoms with Gasteiger partial charge in [-0.05, 0) is 26.3 Å². The Hall–Kier alpha value is -0.120. The predicted molar refractivity (Wildman–Crippen MR) is 77.4 cm³/mol. The van der Waals surface area contributed by atoms with Gasteiger partial charge in [-0.3, -0.25) is 4.90 Å². The minimum Gasteiger partial charge on any atom is -0.329 e. The number of hydrogen-bond acceptors (Lipinski definition) is 3. The van der Waals surface area contributed by atoms with Crippen molar-refractivity contribution < 1.29 is 0 Å². The molecule has 0 bridgehead atoms. The van der Waals surface area contributed by atoms with Crippen molar-refractivity contribution in [2.75, 3.05) is 26.7 Å². The summed E-state index contributed by atoms with van der Waals surface area (Å²) in [6, 6.07) is 1.31. The minimum absolute atomic E-state index is 0.609. The lowest BCUT2D eigenvalue weighted by molar-refractivity contribution is 0.165. The molecule has 0 aromatic carbocycles. The normalized spacial score (nSPS) is 15.2. The predicted octanol–water partition coefficient (Wildman–Crippen LogP) is 2.21. The number of nitrogens with one attached hydrogen (secondary N) is 1. The summed E-state index contributed by atoms with van der Waals surface area (Å²) in [6.45, 7) is 9.74. The van der Waals surface area contributed by atoms with Gasteiger partial charge in [0.25, 0.3) is 0 Å². The van der Waals surface area contributed by atoms with E-state index in [1.54, 1.807) is 0 Å². The Bertz CT molecular complexity index is 162. The average molecular weight is 243 g/mol. The van der Waals surface area contributed by atoms with Crippen molar-refractivity contribution in [3.8, 4) is 0 Å². The number of nitrogens with zero attached hydrogens (tertiary/aromatic N) is 1. The van der Waals surface area contributed by atoms with E-state index in [0.717, 1.165) is 19.6 Å². The molecule has 0 aromatic heterocycles. The van der Waals surface area contributed by atoms with Gasteiger partial charge in [-0.1, -0.05) is 33.6 Å². The molecule has 0 saturated heterocycles. The fourth-order valence-corrected chi connectivity index (χ4v) is 2.53. The van der Waals surface area contributed by atoms with Crippen LogP contribution in [0.3, 0.4) is 0 Å². The van der Waals surface area contributed by atoms with Gasteiger partial charge in [-0.2, -0.15) is 0 Å². The zero-order valence-corrected chi connectivity index (χ0v) is 12.3. The summed E-state index contributed by atoms with van der Waals surface area (Å²) in [5.41, 5.74) is 5.75. The van der Waals surface area contributed by atoms with Gasteiger partial charge in [-0.15, -0.1) is 0 Å². The molecular weight excluding hydrogens is 210 g/mol. The smallest absolute Gasteiger partial charge is 0.0192 e. The zero-order chi connectivity index (χ0) is 13.1. The van der Waals surface area contributed by atoms with Crippen LogP contribution in [-0.4, -0.2) is 43.7 Å². The number of rotatable bonds is 11. The molecule has 0 aliphatic rings. The van der Waals surface area contributed by atoms with Crippen molar-refractivity contribution >= 4 is 0 Å². The molecule has 2 atom stereocenters. The van der Waals surface area contributed by atoms with Crippen LogP contribution in [0.2, 0.25) is 0 Å². The lowest BCUT2D eigenvalue weighted by Crippen LogP contribution is -2.46. The summed E-state index contributed by atoms with van der Waals surface area (Å²) in [4.78, 5) is 2.58. The molecule has 0 rings (SSSR count). The van der Waals surface area contributed by atoms with Gasteiger partial charge in [-0.25, -0.2) is 0 Å². The van der Waals surface area contributed by atoms with Gasteiger partial charge >= 0.3 is 0 Å². The molecule has 104 valence electrons. The molecule has 0 aliphatic carbocycles. The largest absolute Gasteiger partial charge is 0.329 e. The van der Waals surface area contributed by atoms with Gasteiger partial charge in [0, 0.05) is 31.7 Å². The highest BCUT2D eigenvalue weighted by molar-refractivity contribution is 4.76. The maximum atomic E-state index is 5.75. The summed E-state index contributed by atoms with van der Waals surface area (Å²) in [5.74, 6) is 0. The van der Waals surface area contributed by atoms with Gasteiger partial charge in [0.2, 0.25) is 0 Å². The second kappa shape index (κ2) is 11.0. The quantitative estimate of drug-likeness (QED) is 0.584. The molecule has 0 aliphatic heterocycles. The Balaban J connectivity index is 4.35. The maximum Gasteiger partial charge on any atom is 0.0192 e. The third-order valence-corrected chi connectivity index (χ3v) is 3.53. The summed E-state index contributed by atoms with van der Waals surface area (Å²) < 4.78 is 0. The van der Waals surface area contributed by atoms with Crippen LogP contribution in [0.4, 0.5) is 0 Å². The van der Waals surface area contributed by atoms with E-state index >= 15 is 0 Å². The summed E-state index contributed by atoms with van der Waals surface area (Å²) >= 11 is 0. The van der Waals surface area contributed by atoms with E-state index < -0.39 is 0 Å². The number of likely N-dealkylation sites (N-methyl/N-ethyl adjacent to an activating group) is 1. The molecule has 0 fully saturated rings. The Labute approximate surface area is 108 Å². The van der Waals surface area contributed by atoms with Crippen molar-refractivity contribution in [3.63, 3.8) is 0 Å². The molecule has 0 radical (unpaired) electrons. The first-order valence-electron chi connectivity index (χ1n) is 7.34. The van der Waals surface area contributed by atoms with Crippen molar-refractivity contribution in [1.29, 1.82) is 0 Å². The van der Waals surface area contributed by atoms with Crippen molar-refractivity contribution in [3.05, 3.63) is 0 Å². The molecule has 2 unspecified atom stereocenters. The summed E-state index contributed by atoms with van der Waals surface area (Å²) in [5, 5.41) is 3.43. The molecule has 3 nitrogen and oxygen atoms in total. The first-order chi connectivity index (χ1) is 8.23. The highest BCUT2D eigenvalue weighted by atomic mass is 15.2. The second-order valence-electron chi connectivity index (χ2n) is 4.91. The molecule has 0 saturated carbocycles. The standard InChI is InChI=1S/C14H33N3/c1-5-8-13(16-4)12-17(11-10-15)14(7-3)9-6-2/h13-14,16H,5-12,15H2,1-4H3. The van der Waals surface area contributed by atoms with Crippen molar-refractivity contribution in [2.24, 2.45) is 5.73 Å². The van der Waals surface area contributed by atoms with Crippen LogP contribution in [0.5, 0.6) is 0 Å². The van der Waals surface area contributed by atoms with Crippen LogP contribution in [0.25, 0.3) is 0 Å². The monoisotopic (exact) mass is 243 g/mol. The van der Waals surface area contributed by atoms with Crippen molar-refractivity contribution in [2.45, 2.75) is 65.0 Å². The van der Waals surface area contributed by atoms with Crippen LogP contribution in [0.1, 0.15) is 52.9 Å². The van der Waals surface area contributed by atoms with Crippen molar-refractivity contribution in [1.82, 2.24) is 10.2 Å².